The van der Waals surface area contributed by atoms with Crippen molar-refractivity contribution < 1.29 is 9.53 Å². The number of amides is 1. The van der Waals surface area contributed by atoms with Crippen LogP contribution in [-0.2, 0) is 9.53 Å². The van der Waals surface area contributed by atoms with Gasteiger partial charge in [0.2, 0.25) is 5.91 Å². The standard InChI is InChI=1S/C16H28N2O2/c19-16(15-3-1-4-15)18-8-2-7-17(10-11-18)9-5-14-6-12-20-13-14/h14-15H,1-13H2/t14-/m0/s1. The van der Waals surface area contributed by atoms with Crippen LogP contribution in [0.25, 0.3) is 0 Å². The van der Waals surface area contributed by atoms with E-state index in [0.29, 0.717) is 11.8 Å². The molecule has 1 atom stereocenters. The first-order valence-electron chi connectivity index (χ1n) is 8.42. The van der Waals surface area contributed by atoms with Gasteiger partial charge in [-0.1, -0.05) is 6.42 Å². The molecule has 0 unspecified atom stereocenters. The zero-order valence-corrected chi connectivity index (χ0v) is 12.6. The summed E-state index contributed by atoms with van der Waals surface area (Å²) in [5.74, 6) is 1.56. The molecule has 2 heterocycles. The van der Waals surface area contributed by atoms with Crippen LogP contribution in [-0.4, -0.2) is 61.6 Å². The molecule has 0 spiro atoms. The van der Waals surface area contributed by atoms with Crippen LogP contribution in [0.2, 0.25) is 0 Å². The minimum Gasteiger partial charge on any atom is -0.381 e. The zero-order valence-electron chi connectivity index (χ0n) is 12.6. The van der Waals surface area contributed by atoms with E-state index in [1.54, 1.807) is 0 Å². The molecule has 0 N–H and O–H groups in total. The topological polar surface area (TPSA) is 32.8 Å². The quantitative estimate of drug-likeness (QED) is 0.786. The molecule has 3 rings (SSSR count). The van der Waals surface area contributed by atoms with Gasteiger partial charge in [0.05, 0.1) is 0 Å². The molecule has 1 amide bonds. The summed E-state index contributed by atoms with van der Waals surface area (Å²) in [4.78, 5) is 17.0. The Kier molecular flexibility index (Phi) is 4.94. The average molecular weight is 280 g/mol. The lowest BCUT2D eigenvalue weighted by molar-refractivity contribution is -0.138. The molecule has 3 fully saturated rings. The van der Waals surface area contributed by atoms with E-state index in [4.69, 9.17) is 4.74 Å². The number of hydrogen-bond acceptors (Lipinski definition) is 3. The summed E-state index contributed by atoms with van der Waals surface area (Å²) in [6, 6.07) is 0. The highest BCUT2D eigenvalue weighted by molar-refractivity contribution is 5.79. The molecule has 0 bridgehead atoms. The third kappa shape index (κ3) is 3.53. The molecule has 2 saturated heterocycles. The molecule has 1 aliphatic carbocycles. The zero-order chi connectivity index (χ0) is 13.8. The van der Waals surface area contributed by atoms with Crippen LogP contribution in [0.3, 0.4) is 0 Å². The van der Waals surface area contributed by atoms with E-state index in [9.17, 15) is 4.79 Å². The lowest BCUT2D eigenvalue weighted by Gasteiger charge is -2.31. The number of carbonyl (C=O) groups is 1. The molecule has 2 aliphatic heterocycles. The average Bonchev–Trinajstić information content (AvgIpc) is 2.79. The van der Waals surface area contributed by atoms with Crippen molar-refractivity contribution in [3.8, 4) is 0 Å². The molecule has 1 saturated carbocycles. The maximum atomic E-state index is 12.3. The van der Waals surface area contributed by atoms with Gasteiger partial charge in [0, 0.05) is 38.8 Å². The van der Waals surface area contributed by atoms with Gasteiger partial charge >= 0.3 is 0 Å². The lowest BCUT2D eigenvalue weighted by Crippen LogP contribution is -2.41. The normalized spacial score (nSPS) is 29.2. The van der Waals surface area contributed by atoms with Gasteiger partial charge < -0.3 is 14.5 Å². The summed E-state index contributed by atoms with van der Waals surface area (Å²) in [6.07, 6.45) is 7.14. The van der Waals surface area contributed by atoms with Crippen molar-refractivity contribution in [2.24, 2.45) is 11.8 Å². The monoisotopic (exact) mass is 280 g/mol. The molecule has 0 aromatic carbocycles. The highest BCUT2D eigenvalue weighted by Crippen LogP contribution is 2.28. The molecule has 4 nitrogen and oxygen atoms in total. The molecule has 3 aliphatic rings. The second kappa shape index (κ2) is 6.90. The van der Waals surface area contributed by atoms with E-state index in [2.05, 4.69) is 9.80 Å². The summed E-state index contributed by atoms with van der Waals surface area (Å²) in [5.41, 5.74) is 0. The van der Waals surface area contributed by atoms with Crippen molar-refractivity contribution in [1.29, 1.82) is 0 Å². The van der Waals surface area contributed by atoms with Crippen LogP contribution < -0.4 is 0 Å². The summed E-state index contributed by atoms with van der Waals surface area (Å²) < 4.78 is 5.44. The highest BCUT2D eigenvalue weighted by Gasteiger charge is 2.30. The summed E-state index contributed by atoms with van der Waals surface area (Å²) in [5, 5.41) is 0. The number of hydrogen-bond donors (Lipinski definition) is 0. The van der Waals surface area contributed by atoms with Crippen LogP contribution in [0, 0.1) is 11.8 Å². The largest absolute Gasteiger partial charge is 0.381 e. The van der Waals surface area contributed by atoms with Crippen molar-refractivity contribution in [3.63, 3.8) is 0 Å². The summed E-state index contributed by atoms with van der Waals surface area (Å²) >= 11 is 0. The summed E-state index contributed by atoms with van der Waals surface area (Å²) in [7, 11) is 0. The second-order valence-electron chi connectivity index (χ2n) is 6.67. The van der Waals surface area contributed by atoms with Crippen molar-refractivity contribution >= 4 is 5.91 Å². The predicted octanol–water partition coefficient (Wildman–Crippen LogP) is 1.75. The number of rotatable bonds is 4. The molecule has 0 aromatic heterocycles. The van der Waals surface area contributed by atoms with E-state index in [-0.39, 0.29) is 0 Å². The van der Waals surface area contributed by atoms with Crippen LogP contribution in [0.15, 0.2) is 0 Å². The van der Waals surface area contributed by atoms with Gasteiger partial charge in [-0.2, -0.15) is 0 Å². The Morgan fingerprint density at radius 2 is 1.95 bits per heavy atom. The van der Waals surface area contributed by atoms with Crippen LogP contribution in [0.4, 0.5) is 0 Å². The minimum absolute atomic E-state index is 0.359. The van der Waals surface area contributed by atoms with Crippen molar-refractivity contribution in [3.05, 3.63) is 0 Å². The predicted molar refractivity (Wildman–Crippen MR) is 78.5 cm³/mol. The van der Waals surface area contributed by atoms with Crippen molar-refractivity contribution in [2.45, 2.75) is 38.5 Å². The Labute approximate surface area is 122 Å². The highest BCUT2D eigenvalue weighted by atomic mass is 16.5. The molecule has 4 heteroatoms. The third-order valence-corrected chi connectivity index (χ3v) is 5.23. The number of nitrogens with zero attached hydrogens (tertiary/aromatic N) is 2. The Hall–Kier alpha value is -0.610. The van der Waals surface area contributed by atoms with Gasteiger partial charge in [0.15, 0.2) is 0 Å². The molecule has 0 radical (unpaired) electrons. The maximum absolute atomic E-state index is 12.3. The fraction of sp³-hybridized carbons (Fsp3) is 0.938. The molecule has 0 aromatic rings. The van der Waals surface area contributed by atoms with E-state index in [0.717, 1.165) is 64.6 Å². The van der Waals surface area contributed by atoms with E-state index in [1.165, 1.54) is 25.8 Å². The minimum atomic E-state index is 0.359. The fourth-order valence-corrected chi connectivity index (χ4v) is 3.50. The van der Waals surface area contributed by atoms with Crippen LogP contribution in [0.5, 0.6) is 0 Å². The number of ether oxygens (including phenoxy) is 1. The Bertz CT molecular complexity index is 324. The first-order valence-corrected chi connectivity index (χ1v) is 8.42. The molecular weight excluding hydrogens is 252 g/mol. The van der Waals surface area contributed by atoms with E-state index in [1.807, 2.05) is 0 Å². The Morgan fingerprint density at radius 1 is 1.05 bits per heavy atom. The van der Waals surface area contributed by atoms with Crippen LogP contribution in [0.1, 0.15) is 38.5 Å². The maximum Gasteiger partial charge on any atom is 0.225 e. The van der Waals surface area contributed by atoms with Crippen molar-refractivity contribution in [1.82, 2.24) is 9.80 Å². The molecule has 114 valence electrons. The van der Waals surface area contributed by atoms with Gasteiger partial charge in [-0.15, -0.1) is 0 Å². The smallest absolute Gasteiger partial charge is 0.225 e. The lowest BCUT2D eigenvalue weighted by atomic mass is 9.84. The Balaban J connectivity index is 1.40. The SMILES string of the molecule is O=C(C1CCC1)N1CCCN(CC[C@H]2CCOC2)CC1. The molecule has 20 heavy (non-hydrogen) atoms. The Morgan fingerprint density at radius 3 is 2.65 bits per heavy atom. The summed E-state index contributed by atoms with van der Waals surface area (Å²) in [6.45, 7) is 7.22. The van der Waals surface area contributed by atoms with Crippen molar-refractivity contribution in [2.75, 3.05) is 45.9 Å². The second-order valence-corrected chi connectivity index (χ2v) is 6.67. The van der Waals surface area contributed by atoms with Gasteiger partial charge in [0.25, 0.3) is 0 Å². The fourth-order valence-electron chi connectivity index (χ4n) is 3.50. The number of carbonyl (C=O) groups excluding carboxylic acids is 1. The van der Waals surface area contributed by atoms with E-state index >= 15 is 0 Å². The first kappa shape index (κ1) is 14.3. The van der Waals surface area contributed by atoms with Gasteiger partial charge in [0.1, 0.15) is 0 Å². The van der Waals surface area contributed by atoms with Gasteiger partial charge in [-0.05, 0) is 51.1 Å². The van der Waals surface area contributed by atoms with Gasteiger partial charge in [-0.3, -0.25) is 4.79 Å². The van der Waals surface area contributed by atoms with Gasteiger partial charge in [-0.25, -0.2) is 0 Å². The van der Waals surface area contributed by atoms with Crippen LogP contribution >= 0.6 is 0 Å². The first-order chi connectivity index (χ1) is 9.83. The van der Waals surface area contributed by atoms with E-state index < -0.39 is 0 Å². The third-order valence-electron chi connectivity index (χ3n) is 5.23. The molecular formula is C16H28N2O2.